The van der Waals surface area contributed by atoms with Crippen LogP contribution in [0.25, 0.3) is 0 Å². The molecule has 4 atom stereocenters. The normalized spacial score (nSPS) is 27.0. The van der Waals surface area contributed by atoms with Crippen molar-refractivity contribution in [2.75, 3.05) is 20.6 Å². The van der Waals surface area contributed by atoms with E-state index in [0.29, 0.717) is 17.8 Å². The Labute approximate surface area is 172 Å². The minimum absolute atomic E-state index is 0.150. The first-order valence-corrected chi connectivity index (χ1v) is 11.3. The Morgan fingerprint density at radius 1 is 1.14 bits per heavy atom. The number of aliphatic hydroxyl groups excluding tert-OH is 1. The number of allylic oxidation sites excluding steroid dienone is 3. The van der Waals surface area contributed by atoms with E-state index < -0.39 is 0 Å². The van der Waals surface area contributed by atoms with Crippen LogP contribution in [0.15, 0.2) is 48.1 Å². The van der Waals surface area contributed by atoms with Crippen LogP contribution >= 0.6 is 0 Å². The number of rotatable bonds is 10. The number of aryl methyl sites for hydroxylation is 2. The molecule has 0 aromatic heterocycles. The fraction of sp³-hybridized carbons (Fsp3) is 0.615. The summed E-state index contributed by atoms with van der Waals surface area (Å²) in [5, 5.41) is 10.5. The lowest BCUT2D eigenvalue weighted by Gasteiger charge is -2.18. The fourth-order valence-corrected chi connectivity index (χ4v) is 5.12. The second kappa shape index (κ2) is 10.4. The number of aliphatic hydroxyl groups is 1. The van der Waals surface area contributed by atoms with Gasteiger partial charge in [-0.15, -0.1) is 0 Å². The van der Waals surface area contributed by atoms with Gasteiger partial charge in [0.05, 0.1) is 6.10 Å². The molecular weight excluding hydrogens is 342 g/mol. The molecule has 3 rings (SSSR count). The van der Waals surface area contributed by atoms with Gasteiger partial charge in [-0.05, 0) is 89.9 Å². The molecule has 154 valence electrons. The minimum Gasteiger partial charge on any atom is -0.392 e. The maximum absolute atomic E-state index is 10.5. The number of hydrogen-bond donors (Lipinski definition) is 1. The number of hydrogen-bond acceptors (Lipinski definition) is 2. The highest BCUT2D eigenvalue weighted by molar-refractivity contribution is 5.23. The molecule has 0 heterocycles. The van der Waals surface area contributed by atoms with Crippen molar-refractivity contribution < 1.29 is 5.11 Å². The molecule has 0 saturated heterocycles. The summed E-state index contributed by atoms with van der Waals surface area (Å²) in [5.41, 5.74) is 4.40. The smallest absolute Gasteiger partial charge is 0.0611 e. The van der Waals surface area contributed by atoms with E-state index in [4.69, 9.17) is 0 Å². The quantitative estimate of drug-likeness (QED) is 0.424. The molecule has 0 radical (unpaired) electrons. The first kappa shape index (κ1) is 21.3. The van der Waals surface area contributed by atoms with E-state index in [2.05, 4.69) is 68.4 Å². The van der Waals surface area contributed by atoms with Crippen molar-refractivity contribution in [1.29, 1.82) is 0 Å². The van der Waals surface area contributed by atoms with Crippen molar-refractivity contribution in [3.8, 4) is 0 Å². The molecule has 2 aliphatic rings. The number of unbranched alkanes of at least 4 members (excludes halogenated alkanes) is 2. The van der Waals surface area contributed by atoms with Crippen LogP contribution in [-0.4, -0.2) is 36.8 Å². The van der Waals surface area contributed by atoms with Crippen LogP contribution in [0, 0.1) is 24.7 Å². The predicted molar refractivity (Wildman–Crippen MR) is 119 cm³/mol. The average molecular weight is 382 g/mol. The number of fused-ring (bicyclic) bond motifs is 1. The van der Waals surface area contributed by atoms with E-state index in [-0.39, 0.29) is 6.10 Å². The molecule has 1 N–H and O–H groups in total. The summed E-state index contributed by atoms with van der Waals surface area (Å²) in [6, 6.07) is 8.79. The zero-order valence-electron chi connectivity index (χ0n) is 18.1. The van der Waals surface area contributed by atoms with Gasteiger partial charge in [-0.2, -0.15) is 0 Å². The molecular formula is C26H39NO. The summed E-state index contributed by atoms with van der Waals surface area (Å²) < 4.78 is 0. The van der Waals surface area contributed by atoms with Gasteiger partial charge >= 0.3 is 0 Å². The van der Waals surface area contributed by atoms with Gasteiger partial charge in [0.15, 0.2) is 0 Å². The van der Waals surface area contributed by atoms with E-state index in [9.17, 15) is 5.11 Å². The van der Waals surface area contributed by atoms with Crippen molar-refractivity contribution in [3.63, 3.8) is 0 Å². The van der Waals surface area contributed by atoms with Gasteiger partial charge < -0.3 is 10.0 Å². The molecule has 0 spiro atoms. The van der Waals surface area contributed by atoms with Gasteiger partial charge in [0.1, 0.15) is 0 Å². The van der Waals surface area contributed by atoms with E-state index in [1.165, 1.54) is 49.8 Å². The average Bonchev–Trinajstić information content (AvgIpc) is 3.15. The van der Waals surface area contributed by atoms with Gasteiger partial charge in [0, 0.05) is 5.92 Å². The molecule has 2 heteroatoms. The van der Waals surface area contributed by atoms with E-state index in [1.54, 1.807) is 5.57 Å². The third-order valence-corrected chi connectivity index (χ3v) is 6.59. The lowest BCUT2D eigenvalue weighted by atomic mass is 9.88. The number of benzene rings is 1. The maximum Gasteiger partial charge on any atom is 0.0611 e. The zero-order chi connectivity index (χ0) is 19.9. The molecule has 1 aromatic rings. The summed E-state index contributed by atoms with van der Waals surface area (Å²) in [7, 11) is 4.31. The van der Waals surface area contributed by atoms with Crippen LogP contribution < -0.4 is 0 Å². The Bertz CT molecular complexity index is 675. The Balaban J connectivity index is 1.42. The summed E-state index contributed by atoms with van der Waals surface area (Å²) in [6.07, 6.45) is 16.6. The molecule has 2 nitrogen and oxygen atoms in total. The second-order valence-corrected chi connectivity index (χ2v) is 9.31. The van der Waals surface area contributed by atoms with Gasteiger partial charge in [-0.1, -0.05) is 60.1 Å². The topological polar surface area (TPSA) is 23.5 Å². The maximum atomic E-state index is 10.5. The molecule has 0 aliphatic heterocycles. The Morgan fingerprint density at radius 2 is 2.00 bits per heavy atom. The van der Waals surface area contributed by atoms with E-state index in [1.807, 2.05) is 0 Å². The lowest BCUT2D eigenvalue weighted by Crippen LogP contribution is -2.17. The first-order valence-electron chi connectivity index (χ1n) is 11.3. The molecule has 28 heavy (non-hydrogen) atoms. The molecule has 2 aliphatic carbocycles. The number of nitrogens with zero attached hydrogens (tertiary/aromatic N) is 1. The highest BCUT2D eigenvalue weighted by atomic mass is 16.3. The highest BCUT2D eigenvalue weighted by Crippen LogP contribution is 2.48. The van der Waals surface area contributed by atoms with Crippen LogP contribution in [0.1, 0.15) is 56.1 Å². The third-order valence-electron chi connectivity index (χ3n) is 6.59. The van der Waals surface area contributed by atoms with Gasteiger partial charge in [0.25, 0.3) is 0 Å². The van der Waals surface area contributed by atoms with Gasteiger partial charge in [-0.25, -0.2) is 0 Å². The molecule has 0 amide bonds. The SMILES string of the molecule is Cc1cccc(CC/C=C/[C@@H]2[C@H]3CC(CCCCCN(C)C)=C[C@H]3C[C@H]2O)c1. The van der Waals surface area contributed by atoms with Crippen molar-refractivity contribution >= 4 is 0 Å². The highest BCUT2D eigenvalue weighted by Gasteiger charge is 2.42. The predicted octanol–water partition coefficient (Wildman–Crippen LogP) is 5.55. The van der Waals surface area contributed by atoms with Crippen molar-refractivity contribution in [1.82, 2.24) is 4.90 Å². The van der Waals surface area contributed by atoms with Gasteiger partial charge in [0.2, 0.25) is 0 Å². The van der Waals surface area contributed by atoms with E-state index in [0.717, 1.165) is 19.3 Å². The van der Waals surface area contributed by atoms with Crippen LogP contribution in [0.5, 0.6) is 0 Å². The summed E-state index contributed by atoms with van der Waals surface area (Å²) in [6.45, 7) is 3.35. The lowest BCUT2D eigenvalue weighted by molar-refractivity contribution is 0.141. The molecule has 0 bridgehead atoms. The van der Waals surface area contributed by atoms with Crippen LogP contribution in [0.2, 0.25) is 0 Å². The molecule has 1 aromatic carbocycles. The standard InChI is InChI=1S/C26H39NO/c1-20-10-9-13-21(16-20)11-6-7-14-24-25-18-22(17-23(25)19-26(24)28)12-5-4-8-15-27(2)3/h7,9-10,13-14,16-17,23-26,28H,4-6,8,11-12,15,18-19H2,1-3H3/b14-7+/t23-,24+,25-,26+/m0/s1. The fourth-order valence-electron chi connectivity index (χ4n) is 5.12. The van der Waals surface area contributed by atoms with Crippen molar-refractivity contribution in [2.45, 2.75) is 64.4 Å². The largest absolute Gasteiger partial charge is 0.392 e. The van der Waals surface area contributed by atoms with Crippen LogP contribution in [-0.2, 0) is 6.42 Å². The Kier molecular flexibility index (Phi) is 7.93. The first-order chi connectivity index (χ1) is 13.5. The monoisotopic (exact) mass is 381 g/mol. The third kappa shape index (κ3) is 6.06. The molecule has 1 fully saturated rings. The van der Waals surface area contributed by atoms with Crippen molar-refractivity contribution in [3.05, 3.63) is 59.2 Å². The zero-order valence-corrected chi connectivity index (χ0v) is 18.1. The Morgan fingerprint density at radius 3 is 2.79 bits per heavy atom. The minimum atomic E-state index is -0.150. The van der Waals surface area contributed by atoms with E-state index >= 15 is 0 Å². The van der Waals surface area contributed by atoms with Gasteiger partial charge in [-0.3, -0.25) is 0 Å². The molecule has 1 saturated carbocycles. The Hall–Kier alpha value is -1.38. The van der Waals surface area contributed by atoms with Crippen LogP contribution in [0.3, 0.4) is 0 Å². The summed E-state index contributed by atoms with van der Waals surface area (Å²) >= 11 is 0. The second-order valence-electron chi connectivity index (χ2n) is 9.31. The summed E-state index contributed by atoms with van der Waals surface area (Å²) in [4.78, 5) is 2.27. The summed E-state index contributed by atoms with van der Waals surface area (Å²) in [5.74, 6) is 1.60. The molecule has 0 unspecified atom stereocenters. The van der Waals surface area contributed by atoms with Crippen LogP contribution in [0.4, 0.5) is 0 Å². The van der Waals surface area contributed by atoms with Crippen molar-refractivity contribution in [2.24, 2.45) is 17.8 Å².